The van der Waals surface area contributed by atoms with E-state index >= 15 is 0 Å². The van der Waals surface area contributed by atoms with Gasteiger partial charge >= 0.3 is 0 Å². The van der Waals surface area contributed by atoms with Gasteiger partial charge < -0.3 is 10.2 Å². The van der Waals surface area contributed by atoms with Gasteiger partial charge in [0.1, 0.15) is 0 Å². The van der Waals surface area contributed by atoms with Crippen LogP contribution in [0.1, 0.15) is 40.0 Å². The lowest BCUT2D eigenvalue weighted by atomic mass is 9.75. The summed E-state index contributed by atoms with van der Waals surface area (Å²) < 4.78 is 0. The summed E-state index contributed by atoms with van der Waals surface area (Å²) in [5.74, 6) is 0. The molecule has 1 aliphatic carbocycles. The van der Waals surface area contributed by atoms with Crippen molar-refractivity contribution in [1.82, 2.24) is 10.2 Å². The highest BCUT2D eigenvalue weighted by Crippen LogP contribution is 2.40. The van der Waals surface area contributed by atoms with E-state index in [-0.39, 0.29) is 5.41 Å². The number of hydrogen-bond acceptors (Lipinski definition) is 3. The molecule has 1 N–H and O–H groups in total. The summed E-state index contributed by atoms with van der Waals surface area (Å²) in [6.07, 6.45) is 3.47. The van der Waals surface area contributed by atoms with Crippen molar-refractivity contribution in [3.05, 3.63) is 11.3 Å². The van der Waals surface area contributed by atoms with E-state index in [1.165, 1.54) is 24.1 Å². The van der Waals surface area contributed by atoms with Crippen LogP contribution in [0.5, 0.6) is 0 Å². The van der Waals surface area contributed by atoms with Crippen LogP contribution in [-0.2, 0) is 0 Å². The minimum absolute atomic E-state index is 0.261. The largest absolute Gasteiger partial charge is 0.374 e. The molecule has 98 valence electrons. The van der Waals surface area contributed by atoms with Gasteiger partial charge in [-0.3, -0.25) is 0 Å². The molecule has 3 heteroatoms. The molecule has 0 heterocycles. The van der Waals surface area contributed by atoms with Gasteiger partial charge in [0, 0.05) is 24.9 Å². The summed E-state index contributed by atoms with van der Waals surface area (Å²) in [7, 11) is 4.18. The number of hydrogen-bond donors (Lipinski definition) is 1. The third-order valence-electron chi connectivity index (χ3n) is 3.34. The zero-order valence-electron chi connectivity index (χ0n) is 11.9. The highest BCUT2D eigenvalue weighted by atomic mass is 32.1. The summed E-state index contributed by atoms with van der Waals surface area (Å²) in [4.78, 5) is 3.49. The fraction of sp³-hybridized carbons (Fsp3) is 0.786. The molecule has 0 fully saturated rings. The Labute approximate surface area is 111 Å². The van der Waals surface area contributed by atoms with Crippen molar-refractivity contribution in [2.24, 2.45) is 5.41 Å². The molecule has 2 nitrogen and oxygen atoms in total. The summed E-state index contributed by atoms with van der Waals surface area (Å²) in [5, 5.41) is 3.18. The van der Waals surface area contributed by atoms with Gasteiger partial charge in [0.25, 0.3) is 0 Å². The Morgan fingerprint density at radius 2 is 1.94 bits per heavy atom. The average molecular weight is 254 g/mol. The predicted molar refractivity (Wildman–Crippen MR) is 79.5 cm³/mol. The summed E-state index contributed by atoms with van der Waals surface area (Å²) >= 11 is 5.42. The second kappa shape index (κ2) is 5.96. The quantitative estimate of drug-likeness (QED) is 0.579. The molecular weight excluding hydrogens is 228 g/mol. The number of allylic oxidation sites excluding steroid dienone is 2. The van der Waals surface area contributed by atoms with Gasteiger partial charge in [0.15, 0.2) is 0 Å². The molecule has 0 amide bonds. The molecule has 0 spiro atoms. The van der Waals surface area contributed by atoms with E-state index in [1.54, 1.807) is 0 Å². The van der Waals surface area contributed by atoms with Crippen LogP contribution in [0, 0.1) is 5.41 Å². The van der Waals surface area contributed by atoms with Gasteiger partial charge in [-0.25, -0.2) is 0 Å². The fourth-order valence-electron chi connectivity index (χ4n) is 2.22. The lowest BCUT2D eigenvalue weighted by Crippen LogP contribution is -2.36. The highest BCUT2D eigenvalue weighted by Gasteiger charge is 2.33. The van der Waals surface area contributed by atoms with Crippen molar-refractivity contribution in [2.45, 2.75) is 40.0 Å². The Morgan fingerprint density at radius 1 is 1.29 bits per heavy atom. The Morgan fingerprint density at radius 3 is 2.41 bits per heavy atom. The maximum atomic E-state index is 5.42. The Kier molecular flexibility index (Phi) is 5.14. The van der Waals surface area contributed by atoms with Crippen LogP contribution in [0.3, 0.4) is 0 Å². The molecule has 0 aromatic heterocycles. The van der Waals surface area contributed by atoms with Gasteiger partial charge in [-0.2, -0.15) is 0 Å². The molecule has 0 aromatic carbocycles. The summed E-state index contributed by atoms with van der Waals surface area (Å²) in [6.45, 7) is 9.04. The second-order valence-corrected chi connectivity index (χ2v) is 6.40. The Bertz CT molecular complexity index is 313. The molecule has 0 saturated heterocycles. The van der Waals surface area contributed by atoms with Gasteiger partial charge in [0.05, 0.1) is 5.70 Å². The van der Waals surface area contributed by atoms with Crippen molar-refractivity contribution in [1.29, 1.82) is 0 Å². The van der Waals surface area contributed by atoms with E-state index in [1.807, 2.05) is 7.05 Å². The smallest absolute Gasteiger partial charge is 0.0509 e. The third kappa shape index (κ3) is 3.78. The van der Waals surface area contributed by atoms with E-state index in [9.17, 15) is 0 Å². The van der Waals surface area contributed by atoms with Crippen LogP contribution < -0.4 is 5.32 Å². The van der Waals surface area contributed by atoms with Crippen molar-refractivity contribution in [3.63, 3.8) is 0 Å². The molecule has 0 aromatic rings. The van der Waals surface area contributed by atoms with Crippen LogP contribution in [0.15, 0.2) is 11.3 Å². The van der Waals surface area contributed by atoms with Crippen LogP contribution in [0.4, 0.5) is 0 Å². The van der Waals surface area contributed by atoms with E-state index in [4.69, 9.17) is 12.2 Å². The minimum Gasteiger partial charge on any atom is -0.374 e. The van der Waals surface area contributed by atoms with Gasteiger partial charge in [-0.15, -0.1) is 0 Å². The lowest BCUT2D eigenvalue weighted by Gasteiger charge is -2.39. The topological polar surface area (TPSA) is 15.3 Å². The number of thiocarbonyl (C=S) groups is 1. The molecule has 0 aliphatic heterocycles. The predicted octanol–water partition coefficient (Wildman–Crippen LogP) is 2.99. The third-order valence-corrected chi connectivity index (χ3v) is 3.68. The molecule has 0 bridgehead atoms. The van der Waals surface area contributed by atoms with Crippen LogP contribution in [-0.4, -0.2) is 36.9 Å². The number of unbranched alkanes of at least 4 members (excludes halogenated alkanes) is 1. The van der Waals surface area contributed by atoms with Gasteiger partial charge in [-0.05, 0) is 37.4 Å². The summed E-state index contributed by atoms with van der Waals surface area (Å²) in [5.41, 5.74) is 3.13. The Balaban J connectivity index is 2.55. The molecule has 0 saturated carbocycles. The lowest BCUT2D eigenvalue weighted by molar-refractivity contribution is 0.381. The summed E-state index contributed by atoms with van der Waals surface area (Å²) in [6, 6.07) is 0. The van der Waals surface area contributed by atoms with Crippen LogP contribution in [0.2, 0.25) is 0 Å². The monoisotopic (exact) mass is 254 g/mol. The van der Waals surface area contributed by atoms with E-state index in [2.05, 4.69) is 38.0 Å². The number of rotatable bonds is 6. The van der Waals surface area contributed by atoms with E-state index in [0.717, 1.165) is 24.4 Å². The van der Waals surface area contributed by atoms with Crippen molar-refractivity contribution in [3.8, 4) is 0 Å². The maximum absolute atomic E-state index is 5.42. The molecule has 0 atom stereocenters. The maximum Gasteiger partial charge on any atom is 0.0509 e. The fourth-order valence-corrected chi connectivity index (χ4v) is 2.64. The zero-order chi connectivity index (χ0) is 13.1. The first-order valence-electron chi connectivity index (χ1n) is 6.50. The minimum atomic E-state index is 0.261. The standard InChI is InChI=1S/C14H26N2S/c1-14(2,3)11-10-12(17)13(11)16(5)9-7-6-8-15-4/h15H,6-10H2,1-5H3. The SMILES string of the molecule is CNCCCCN(C)C1=C(C(C)(C)C)CC1=S. The van der Waals surface area contributed by atoms with E-state index in [0.29, 0.717) is 0 Å². The highest BCUT2D eigenvalue weighted by molar-refractivity contribution is 7.81. The van der Waals surface area contributed by atoms with Crippen LogP contribution >= 0.6 is 12.2 Å². The first-order chi connectivity index (χ1) is 7.88. The second-order valence-electron chi connectivity index (χ2n) is 5.91. The van der Waals surface area contributed by atoms with E-state index < -0.39 is 0 Å². The molecule has 17 heavy (non-hydrogen) atoms. The molecule has 1 aliphatic rings. The molecule has 0 unspecified atom stereocenters. The van der Waals surface area contributed by atoms with Crippen molar-refractivity contribution in [2.75, 3.05) is 27.2 Å². The average Bonchev–Trinajstić information content (AvgIpc) is 2.19. The first kappa shape index (κ1) is 14.7. The zero-order valence-corrected chi connectivity index (χ0v) is 12.7. The number of nitrogens with one attached hydrogen (secondary N) is 1. The number of nitrogens with zero attached hydrogens (tertiary/aromatic N) is 1. The molecule has 0 radical (unpaired) electrons. The molecule has 1 rings (SSSR count). The Hall–Kier alpha value is -0.410. The van der Waals surface area contributed by atoms with Crippen molar-refractivity contribution >= 4 is 17.1 Å². The van der Waals surface area contributed by atoms with Crippen molar-refractivity contribution < 1.29 is 0 Å². The van der Waals surface area contributed by atoms with Gasteiger partial charge in [0.2, 0.25) is 0 Å². The van der Waals surface area contributed by atoms with Crippen LogP contribution in [0.25, 0.3) is 0 Å². The normalized spacial score (nSPS) is 16.2. The molecular formula is C14H26N2S. The first-order valence-corrected chi connectivity index (χ1v) is 6.91. The van der Waals surface area contributed by atoms with Gasteiger partial charge in [-0.1, -0.05) is 33.0 Å².